The summed E-state index contributed by atoms with van der Waals surface area (Å²) in [5.41, 5.74) is 0. The molecule has 2 nitrogen and oxygen atoms in total. The molecular formula is C11H26N2. The Labute approximate surface area is 83.7 Å². The van der Waals surface area contributed by atoms with Crippen molar-refractivity contribution in [2.75, 3.05) is 27.2 Å². The van der Waals surface area contributed by atoms with Crippen LogP contribution < -0.4 is 5.32 Å². The van der Waals surface area contributed by atoms with E-state index < -0.39 is 0 Å². The average molecular weight is 186 g/mol. The molecule has 0 aliphatic carbocycles. The number of nitrogens with zero attached hydrogens (tertiary/aromatic N) is 1. The number of hydrogen-bond donors (Lipinski definition) is 1. The van der Waals surface area contributed by atoms with Gasteiger partial charge in [0.25, 0.3) is 0 Å². The van der Waals surface area contributed by atoms with Crippen molar-refractivity contribution in [2.45, 2.75) is 39.7 Å². The van der Waals surface area contributed by atoms with Crippen LogP contribution in [0.3, 0.4) is 0 Å². The third-order valence-corrected chi connectivity index (χ3v) is 2.10. The van der Waals surface area contributed by atoms with E-state index in [1.807, 2.05) is 0 Å². The van der Waals surface area contributed by atoms with Crippen LogP contribution in [0, 0.1) is 5.92 Å². The Kier molecular flexibility index (Phi) is 7.29. The highest BCUT2D eigenvalue weighted by Crippen LogP contribution is 2.03. The third kappa shape index (κ3) is 9.84. The molecule has 0 aromatic rings. The van der Waals surface area contributed by atoms with Crippen molar-refractivity contribution in [2.24, 2.45) is 5.92 Å². The van der Waals surface area contributed by atoms with Gasteiger partial charge in [0.2, 0.25) is 0 Å². The van der Waals surface area contributed by atoms with Gasteiger partial charge in [-0.05, 0) is 52.9 Å². The quantitative estimate of drug-likeness (QED) is 0.612. The second-order valence-corrected chi connectivity index (χ2v) is 4.64. The highest BCUT2D eigenvalue weighted by atomic mass is 15.1. The molecule has 0 saturated carbocycles. The number of nitrogens with one attached hydrogen (secondary N) is 1. The zero-order valence-electron chi connectivity index (χ0n) is 9.93. The Bertz CT molecular complexity index is 111. The summed E-state index contributed by atoms with van der Waals surface area (Å²) in [4.78, 5) is 2.23. The van der Waals surface area contributed by atoms with Crippen molar-refractivity contribution in [3.63, 3.8) is 0 Å². The van der Waals surface area contributed by atoms with E-state index in [0.29, 0.717) is 6.04 Å². The number of rotatable bonds is 7. The van der Waals surface area contributed by atoms with Crippen LogP contribution in [0.15, 0.2) is 0 Å². The number of hydrogen-bond acceptors (Lipinski definition) is 2. The van der Waals surface area contributed by atoms with E-state index in [4.69, 9.17) is 0 Å². The van der Waals surface area contributed by atoms with Crippen LogP contribution in [0.25, 0.3) is 0 Å². The summed E-state index contributed by atoms with van der Waals surface area (Å²) in [6.45, 7) is 9.15. The van der Waals surface area contributed by atoms with E-state index in [2.05, 4.69) is 45.1 Å². The fraction of sp³-hybridized carbons (Fsp3) is 1.00. The first-order chi connectivity index (χ1) is 6.02. The Morgan fingerprint density at radius 2 is 1.77 bits per heavy atom. The van der Waals surface area contributed by atoms with Crippen LogP contribution >= 0.6 is 0 Å². The maximum Gasteiger partial charge on any atom is 0.00411 e. The van der Waals surface area contributed by atoms with Crippen LogP contribution in [-0.2, 0) is 0 Å². The van der Waals surface area contributed by atoms with E-state index in [0.717, 1.165) is 12.5 Å². The monoisotopic (exact) mass is 186 g/mol. The SMILES string of the molecule is CC(C)CC(C)NCCCN(C)C. The predicted molar refractivity (Wildman–Crippen MR) is 60.1 cm³/mol. The molecular weight excluding hydrogens is 160 g/mol. The fourth-order valence-electron chi connectivity index (χ4n) is 1.53. The molecule has 1 atom stereocenters. The van der Waals surface area contributed by atoms with Gasteiger partial charge in [0.1, 0.15) is 0 Å². The Morgan fingerprint density at radius 1 is 1.15 bits per heavy atom. The molecule has 0 spiro atoms. The summed E-state index contributed by atoms with van der Waals surface area (Å²) >= 11 is 0. The molecule has 0 fully saturated rings. The van der Waals surface area contributed by atoms with E-state index in [9.17, 15) is 0 Å². The highest BCUT2D eigenvalue weighted by molar-refractivity contribution is 4.62. The molecule has 0 heterocycles. The van der Waals surface area contributed by atoms with Crippen LogP contribution in [0.4, 0.5) is 0 Å². The molecule has 13 heavy (non-hydrogen) atoms. The summed E-state index contributed by atoms with van der Waals surface area (Å²) in [5, 5.41) is 3.54. The molecule has 0 aromatic carbocycles. The standard InChI is InChI=1S/C11H26N2/c1-10(2)9-11(3)12-7-6-8-13(4)5/h10-12H,6-9H2,1-5H3. The maximum atomic E-state index is 3.54. The van der Waals surface area contributed by atoms with E-state index in [1.165, 1.54) is 19.4 Å². The van der Waals surface area contributed by atoms with Gasteiger partial charge in [0, 0.05) is 6.04 Å². The van der Waals surface area contributed by atoms with Gasteiger partial charge >= 0.3 is 0 Å². The maximum absolute atomic E-state index is 3.54. The molecule has 1 unspecified atom stereocenters. The third-order valence-electron chi connectivity index (χ3n) is 2.10. The fourth-order valence-corrected chi connectivity index (χ4v) is 1.53. The van der Waals surface area contributed by atoms with Gasteiger partial charge in [-0.25, -0.2) is 0 Å². The molecule has 80 valence electrons. The summed E-state index contributed by atoms with van der Waals surface area (Å²) < 4.78 is 0. The lowest BCUT2D eigenvalue weighted by Crippen LogP contribution is -2.30. The molecule has 0 aliphatic rings. The average Bonchev–Trinajstić information content (AvgIpc) is 1.96. The van der Waals surface area contributed by atoms with Gasteiger partial charge in [-0.15, -0.1) is 0 Å². The lowest BCUT2D eigenvalue weighted by Gasteiger charge is -2.16. The first kappa shape index (κ1) is 12.9. The largest absolute Gasteiger partial charge is 0.314 e. The predicted octanol–water partition coefficient (Wildman–Crippen LogP) is 1.96. The van der Waals surface area contributed by atoms with E-state index in [1.54, 1.807) is 0 Å². The molecule has 0 saturated heterocycles. The Hall–Kier alpha value is -0.0800. The van der Waals surface area contributed by atoms with E-state index in [-0.39, 0.29) is 0 Å². The second kappa shape index (κ2) is 7.34. The summed E-state index contributed by atoms with van der Waals surface area (Å²) in [6, 6.07) is 0.669. The van der Waals surface area contributed by atoms with Gasteiger partial charge in [-0.2, -0.15) is 0 Å². The topological polar surface area (TPSA) is 15.3 Å². The zero-order valence-corrected chi connectivity index (χ0v) is 9.93. The van der Waals surface area contributed by atoms with Crippen LogP contribution in [-0.4, -0.2) is 38.1 Å². The molecule has 1 N–H and O–H groups in total. The summed E-state index contributed by atoms with van der Waals surface area (Å²) in [5.74, 6) is 0.802. The first-order valence-electron chi connectivity index (χ1n) is 5.40. The molecule has 0 aromatic heterocycles. The van der Waals surface area contributed by atoms with Crippen LogP contribution in [0.1, 0.15) is 33.6 Å². The van der Waals surface area contributed by atoms with Gasteiger partial charge in [-0.3, -0.25) is 0 Å². The lowest BCUT2D eigenvalue weighted by molar-refractivity contribution is 0.377. The van der Waals surface area contributed by atoms with Crippen molar-refractivity contribution >= 4 is 0 Å². The molecule has 0 radical (unpaired) electrons. The molecule has 0 aliphatic heterocycles. The van der Waals surface area contributed by atoms with Crippen molar-refractivity contribution in [3.8, 4) is 0 Å². The van der Waals surface area contributed by atoms with Crippen molar-refractivity contribution in [1.29, 1.82) is 0 Å². The molecule has 0 amide bonds. The smallest absolute Gasteiger partial charge is 0.00411 e. The summed E-state index contributed by atoms with van der Waals surface area (Å²) in [6.07, 6.45) is 2.53. The second-order valence-electron chi connectivity index (χ2n) is 4.64. The van der Waals surface area contributed by atoms with Gasteiger partial charge in [-0.1, -0.05) is 13.8 Å². The van der Waals surface area contributed by atoms with Crippen LogP contribution in [0.2, 0.25) is 0 Å². The molecule has 2 heteroatoms. The Balaban J connectivity index is 3.22. The van der Waals surface area contributed by atoms with Crippen molar-refractivity contribution in [1.82, 2.24) is 10.2 Å². The van der Waals surface area contributed by atoms with Gasteiger partial charge in [0.05, 0.1) is 0 Å². The molecule has 0 rings (SSSR count). The van der Waals surface area contributed by atoms with Gasteiger partial charge < -0.3 is 10.2 Å². The van der Waals surface area contributed by atoms with Gasteiger partial charge in [0.15, 0.2) is 0 Å². The van der Waals surface area contributed by atoms with E-state index >= 15 is 0 Å². The first-order valence-corrected chi connectivity index (χ1v) is 5.40. The summed E-state index contributed by atoms with van der Waals surface area (Å²) in [7, 11) is 4.25. The van der Waals surface area contributed by atoms with Crippen molar-refractivity contribution < 1.29 is 0 Å². The zero-order chi connectivity index (χ0) is 10.3. The normalized spacial score (nSPS) is 14.1. The highest BCUT2D eigenvalue weighted by Gasteiger charge is 2.03. The minimum Gasteiger partial charge on any atom is -0.314 e. The minimum atomic E-state index is 0.669. The van der Waals surface area contributed by atoms with Crippen molar-refractivity contribution in [3.05, 3.63) is 0 Å². The minimum absolute atomic E-state index is 0.669. The Morgan fingerprint density at radius 3 is 2.23 bits per heavy atom. The molecule has 0 bridgehead atoms. The van der Waals surface area contributed by atoms with Crippen LogP contribution in [0.5, 0.6) is 0 Å². The lowest BCUT2D eigenvalue weighted by atomic mass is 10.1.